The number of nitriles is 1. The highest BCUT2D eigenvalue weighted by Crippen LogP contribution is 2.15. The molecule has 0 aromatic heterocycles. The van der Waals surface area contributed by atoms with Gasteiger partial charge in [-0.2, -0.15) is 5.26 Å². The zero-order valence-corrected chi connectivity index (χ0v) is 10.9. The Morgan fingerprint density at radius 1 is 1.16 bits per heavy atom. The van der Waals surface area contributed by atoms with Crippen LogP contribution in [0.25, 0.3) is 0 Å². The zero-order chi connectivity index (χ0) is 13.5. The van der Waals surface area contributed by atoms with Crippen LogP contribution in [0.5, 0.6) is 0 Å². The Hall–Kier alpha value is -2.42. The molecule has 6 nitrogen and oxygen atoms in total. The number of hydrogen-bond donors (Lipinski definition) is 0. The summed E-state index contributed by atoms with van der Waals surface area (Å²) < 4.78 is 0. The summed E-state index contributed by atoms with van der Waals surface area (Å²) in [5.41, 5.74) is 1.23. The summed E-state index contributed by atoms with van der Waals surface area (Å²) in [4.78, 5) is 8.43. The normalized spacial score (nSPS) is 16.7. The van der Waals surface area contributed by atoms with Crippen LogP contribution in [0, 0.1) is 11.5 Å². The van der Waals surface area contributed by atoms with Crippen molar-refractivity contribution < 1.29 is 0 Å². The number of aliphatic imine (C=N–C) groups is 1. The van der Waals surface area contributed by atoms with Crippen LogP contribution in [0.2, 0.25) is 0 Å². The minimum atomic E-state index is 0.522. The van der Waals surface area contributed by atoms with Crippen molar-refractivity contribution in [3.8, 4) is 6.19 Å². The van der Waals surface area contributed by atoms with Gasteiger partial charge in [0.25, 0.3) is 0 Å². The van der Waals surface area contributed by atoms with E-state index >= 15 is 0 Å². The molecule has 0 saturated carbocycles. The van der Waals surface area contributed by atoms with Crippen LogP contribution in [0.15, 0.2) is 45.6 Å². The Morgan fingerprint density at radius 2 is 1.84 bits per heavy atom. The second-order valence-corrected chi connectivity index (χ2v) is 4.13. The first kappa shape index (κ1) is 13.0. The third kappa shape index (κ3) is 3.28. The number of anilines is 1. The van der Waals surface area contributed by atoms with Crippen LogP contribution in [0.1, 0.15) is 0 Å². The van der Waals surface area contributed by atoms with Crippen LogP contribution in [0.3, 0.4) is 0 Å². The molecule has 1 fully saturated rings. The maximum atomic E-state index is 8.41. The molecule has 0 unspecified atom stereocenters. The monoisotopic (exact) mass is 256 g/mol. The Labute approximate surface area is 112 Å². The lowest BCUT2D eigenvalue weighted by Crippen LogP contribution is -2.48. The van der Waals surface area contributed by atoms with E-state index in [9.17, 15) is 0 Å². The van der Waals surface area contributed by atoms with E-state index in [1.165, 1.54) is 5.69 Å². The van der Waals surface area contributed by atoms with Crippen molar-refractivity contribution in [1.82, 2.24) is 4.90 Å². The fraction of sp³-hybridized carbons (Fsp3) is 0.385. The van der Waals surface area contributed by atoms with Gasteiger partial charge in [0.05, 0.1) is 0 Å². The van der Waals surface area contributed by atoms with Crippen LogP contribution < -0.4 is 4.90 Å². The molecular formula is C13H16N6. The van der Waals surface area contributed by atoms with Crippen molar-refractivity contribution >= 4 is 11.6 Å². The standard InChI is InChI=1S/C13H16N6/c1-15-13(17-16-11-14)19-9-7-18(8-10-19)12-5-3-2-4-6-12/h2-6H,7-10H2,1H3. The Kier molecular flexibility index (Phi) is 4.45. The first-order valence-electron chi connectivity index (χ1n) is 6.16. The lowest BCUT2D eigenvalue weighted by molar-refractivity contribution is 0.380. The van der Waals surface area contributed by atoms with Gasteiger partial charge >= 0.3 is 0 Å². The Bertz CT molecular complexity index is 494. The molecule has 0 bridgehead atoms. The number of piperazine rings is 1. The molecule has 0 aliphatic carbocycles. The van der Waals surface area contributed by atoms with Crippen molar-refractivity contribution in [1.29, 1.82) is 5.26 Å². The van der Waals surface area contributed by atoms with Gasteiger partial charge < -0.3 is 9.80 Å². The molecule has 1 aliphatic heterocycles. The van der Waals surface area contributed by atoms with Crippen molar-refractivity contribution in [2.45, 2.75) is 0 Å². The molecule has 1 heterocycles. The molecule has 1 saturated heterocycles. The average Bonchev–Trinajstić information content (AvgIpc) is 2.49. The molecule has 1 aromatic carbocycles. The topological polar surface area (TPSA) is 67.3 Å². The summed E-state index contributed by atoms with van der Waals surface area (Å²) in [6.07, 6.45) is 1.65. The number of para-hydroxylation sites is 1. The fourth-order valence-corrected chi connectivity index (χ4v) is 2.12. The molecule has 0 amide bonds. The summed E-state index contributed by atoms with van der Waals surface area (Å²) >= 11 is 0. The molecule has 6 heteroatoms. The van der Waals surface area contributed by atoms with Crippen molar-refractivity contribution in [2.75, 3.05) is 38.1 Å². The predicted octanol–water partition coefficient (Wildman–Crippen LogP) is 1.73. The number of azo groups is 1. The molecule has 0 N–H and O–H groups in total. The van der Waals surface area contributed by atoms with Gasteiger partial charge in [-0.1, -0.05) is 23.3 Å². The summed E-state index contributed by atoms with van der Waals surface area (Å²) in [5, 5.41) is 15.6. The van der Waals surface area contributed by atoms with Crippen LogP contribution >= 0.6 is 0 Å². The molecule has 0 atom stereocenters. The maximum Gasteiger partial charge on any atom is 0.241 e. The maximum absolute atomic E-state index is 8.41. The number of hydrogen-bond acceptors (Lipinski definition) is 4. The van der Waals surface area contributed by atoms with E-state index in [1.54, 1.807) is 13.2 Å². The van der Waals surface area contributed by atoms with E-state index in [2.05, 4.69) is 32.3 Å². The minimum Gasteiger partial charge on any atom is -0.368 e. The molecule has 98 valence electrons. The lowest BCUT2D eigenvalue weighted by atomic mass is 10.2. The zero-order valence-electron chi connectivity index (χ0n) is 10.9. The smallest absolute Gasteiger partial charge is 0.241 e. The molecular weight excluding hydrogens is 240 g/mol. The molecule has 19 heavy (non-hydrogen) atoms. The van der Waals surface area contributed by atoms with Crippen LogP contribution in [-0.4, -0.2) is 44.1 Å². The van der Waals surface area contributed by atoms with Crippen LogP contribution in [-0.2, 0) is 0 Å². The Balaban J connectivity index is 1.96. The fourth-order valence-electron chi connectivity index (χ4n) is 2.12. The molecule has 1 aromatic rings. The summed E-state index contributed by atoms with van der Waals surface area (Å²) in [7, 11) is 1.66. The molecule has 1 aliphatic rings. The average molecular weight is 256 g/mol. The van der Waals surface area contributed by atoms with E-state index < -0.39 is 0 Å². The van der Waals surface area contributed by atoms with E-state index in [-0.39, 0.29) is 0 Å². The van der Waals surface area contributed by atoms with Gasteiger partial charge in [0.15, 0.2) is 0 Å². The van der Waals surface area contributed by atoms with Gasteiger partial charge in [0.1, 0.15) is 0 Å². The van der Waals surface area contributed by atoms with Gasteiger partial charge in [0.2, 0.25) is 12.2 Å². The first-order valence-corrected chi connectivity index (χ1v) is 6.16. The molecule has 2 rings (SSSR count). The van der Waals surface area contributed by atoms with E-state index in [0.717, 1.165) is 26.2 Å². The number of rotatable bonds is 1. The second kappa shape index (κ2) is 6.50. The molecule has 0 spiro atoms. The first-order chi connectivity index (χ1) is 9.35. The Morgan fingerprint density at radius 3 is 2.42 bits per heavy atom. The number of nitrogens with zero attached hydrogens (tertiary/aromatic N) is 6. The SMILES string of the molecule is CN=C(N=NC#N)N1CCN(c2ccccc2)CC1. The van der Waals surface area contributed by atoms with E-state index in [1.807, 2.05) is 23.1 Å². The highest BCUT2D eigenvalue weighted by atomic mass is 15.4. The second-order valence-electron chi connectivity index (χ2n) is 4.13. The van der Waals surface area contributed by atoms with Gasteiger partial charge in [0, 0.05) is 38.9 Å². The highest BCUT2D eigenvalue weighted by Gasteiger charge is 2.19. The number of guanidine groups is 1. The minimum absolute atomic E-state index is 0.522. The quantitative estimate of drug-likeness (QED) is 0.332. The largest absolute Gasteiger partial charge is 0.368 e. The van der Waals surface area contributed by atoms with Gasteiger partial charge in [-0.3, -0.25) is 4.99 Å². The van der Waals surface area contributed by atoms with E-state index in [0.29, 0.717) is 5.96 Å². The lowest BCUT2D eigenvalue weighted by Gasteiger charge is -2.36. The highest BCUT2D eigenvalue weighted by molar-refractivity contribution is 5.80. The third-order valence-corrected chi connectivity index (χ3v) is 3.07. The number of benzene rings is 1. The predicted molar refractivity (Wildman–Crippen MR) is 74.1 cm³/mol. The summed E-state index contributed by atoms with van der Waals surface area (Å²) in [6.45, 7) is 3.47. The van der Waals surface area contributed by atoms with Crippen molar-refractivity contribution in [3.05, 3.63) is 30.3 Å². The van der Waals surface area contributed by atoms with E-state index in [4.69, 9.17) is 5.26 Å². The molecule has 0 radical (unpaired) electrons. The third-order valence-electron chi connectivity index (χ3n) is 3.07. The summed E-state index contributed by atoms with van der Waals surface area (Å²) in [5.74, 6) is 0.522. The summed E-state index contributed by atoms with van der Waals surface area (Å²) in [6, 6.07) is 10.3. The van der Waals surface area contributed by atoms with Crippen LogP contribution in [0.4, 0.5) is 5.69 Å². The van der Waals surface area contributed by atoms with Crippen molar-refractivity contribution in [3.63, 3.8) is 0 Å². The van der Waals surface area contributed by atoms with Gasteiger partial charge in [-0.15, -0.1) is 5.11 Å². The van der Waals surface area contributed by atoms with Gasteiger partial charge in [-0.05, 0) is 12.1 Å². The van der Waals surface area contributed by atoms with Crippen molar-refractivity contribution in [2.24, 2.45) is 15.2 Å². The van der Waals surface area contributed by atoms with Gasteiger partial charge in [-0.25, -0.2) is 0 Å².